The molecule has 1 saturated heterocycles. The highest BCUT2D eigenvalue weighted by molar-refractivity contribution is 5.94. The molecule has 4 aliphatic carbocycles. The highest BCUT2D eigenvalue weighted by atomic mass is 16.6. The first kappa shape index (κ1) is 32.2. The number of hydrogen-bond donors (Lipinski definition) is 1. The fourth-order valence-electron chi connectivity index (χ4n) is 10.8. The van der Waals surface area contributed by atoms with Gasteiger partial charge in [-0.1, -0.05) is 51.5 Å². The Morgan fingerprint density at radius 2 is 1.62 bits per heavy atom. The van der Waals surface area contributed by atoms with Crippen LogP contribution >= 0.6 is 0 Å². The molecule has 0 bridgehead atoms. The minimum atomic E-state index is -0.573. The van der Waals surface area contributed by atoms with E-state index >= 15 is 0 Å². The largest absolute Gasteiger partial charge is 0.462 e. The van der Waals surface area contributed by atoms with Crippen LogP contribution in [0.4, 0.5) is 0 Å². The Morgan fingerprint density at radius 1 is 0.956 bits per heavy atom. The van der Waals surface area contributed by atoms with E-state index in [1.165, 1.54) is 19.4 Å². The monoisotopic (exact) mass is 620 g/mol. The van der Waals surface area contributed by atoms with Gasteiger partial charge in [0.05, 0.1) is 12.1 Å². The number of carbonyl (C=O) groups is 3. The average Bonchev–Trinajstić information content (AvgIpc) is 3.61. The first-order valence-corrected chi connectivity index (χ1v) is 16.8. The van der Waals surface area contributed by atoms with Crippen LogP contribution in [0.1, 0.15) is 90.9 Å². The highest BCUT2D eigenvalue weighted by Gasteiger charge is 2.78. The molecule has 246 valence electrons. The van der Waals surface area contributed by atoms with Crippen molar-refractivity contribution < 1.29 is 28.6 Å². The second-order valence-electron chi connectivity index (χ2n) is 16.0. The fraction of sp³-hybridized carbons (Fsp3) is 0.703. The van der Waals surface area contributed by atoms with E-state index in [1.54, 1.807) is 12.1 Å². The standard InChI is InChI=1S/C37H52N2O6/c1-21(39(8)9)31-28(44-23(3)41)19-35(6)29-16-15-26-25(18-37(29)30(45-37)20-36(31,35)7)17-27(43-22(2)40)32(34(26,4)5)38-33(42)24-13-11-10-12-14-24/h10-14,17,21,26-32H,15-16,18-20H2,1-9H3,(H,38,42). The van der Waals surface area contributed by atoms with Crippen molar-refractivity contribution in [2.45, 2.75) is 117 Å². The Balaban J connectivity index is 1.36. The first-order valence-electron chi connectivity index (χ1n) is 16.8. The Bertz CT molecular complexity index is 1390. The summed E-state index contributed by atoms with van der Waals surface area (Å²) in [6, 6.07) is 9.06. The van der Waals surface area contributed by atoms with Gasteiger partial charge >= 0.3 is 11.9 Å². The van der Waals surface area contributed by atoms with Crippen LogP contribution in [0.25, 0.3) is 0 Å². The zero-order valence-electron chi connectivity index (χ0n) is 28.5. The number of nitrogens with one attached hydrogen (secondary N) is 1. The zero-order chi connectivity index (χ0) is 32.7. The summed E-state index contributed by atoms with van der Waals surface area (Å²) in [5, 5.41) is 3.28. The van der Waals surface area contributed by atoms with Crippen molar-refractivity contribution in [2.24, 2.45) is 34.0 Å². The molecule has 1 N–H and O–H groups in total. The molecule has 1 aromatic rings. The molecule has 11 atom stereocenters. The summed E-state index contributed by atoms with van der Waals surface area (Å²) in [4.78, 5) is 40.4. The molecule has 4 fully saturated rings. The van der Waals surface area contributed by atoms with Crippen LogP contribution in [0.5, 0.6) is 0 Å². The third kappa shape index (κ3) is 4.97. The van der Waals surface area contributed by atoms with Gasteiger partial charge in [0.2, 0.25) is 0 Å². The smallest absolute Gasteiger partial charge is 0.303 e. The number of benzene rings is 1. The molecule has 3 saturated carbocycles. The second kappa shape index (κ2) is 10.9. The minimum absolute atomic E-state index is 0.0714. The van der Waals surface area contributed by atoms with E-state index in [4.69, 9.17) is 14.2 Å². The summed E-state index contributed by atoms with van der Waals surface area (Å²) in [5.41, 5.74) is 1.04. The summed E-state index contributed by atoms with van der Waals surface area (Å²) in [5.74, 6) is -0.0709. The molecule has 1 heterocycles. The van der Waals surface area contributed by atoms with Crippen molar-refractivity contribution in [2.75, 3.05) is 14.1 Å². The molecule has 5 aliphatic rings. The van der Waals surface area contributed by atoms with E-state index in [2.05, 4.69) is 65.0 Å². The van der Waals surface area contributed by atoms with Crippen LogP contribution in [0, 0.1) is 34.0 Å². The summed E-state index contributed by atoms with van der Waals surface area (Å²) in [6.07, 6.45) is 6.05. The van der Waals surface area contributed by atoms with Crippen LogP contribution in [-0.4, -0.2) is 72.8 Å². The van der Waals surface area contributed by atoms with Gasteiger partial charge in [-0.2, -0.15) is 0 Å². The van der Waals surface area contributed by atoms with Gasteiger partial charge in [-0.25, -0.2) is 0 Å². The SMILES string of the molecule is CC(=O)OC1C=C2CC34OC3CC3(C)C(C(C)N(C)C)C(OC(C)=O)CC3(C)C4CCC2C(C)(C)C1NC(=O)c1ccccc1. The van der Waals surface area contributed by atoms with Crippen LogP contribution < -0.4 is 5.32 Å². The van der Waals surface area contributed by atoms with Gasteiger partial charge in [0, 0.05) is 37.8 Å². The lowest BCUT2D eigenvalue weighted by atomic mass is 9.48. The van der Waals surface area contributed by atoms with E-state index in [-0.39, 0.29) is 81.7 Å². The van der Waals surface area contributed by atoms with Crippen LogP contribution in [0.2, 0.25) is 0 Å². The lowest BCUT2D eigenvalue weighted by Crippen LogP contribution is -2.58. The Morgan fingerprint density at radius 3 is 2.24 bits per heavy atom. The van der Waals surface area contributed by atoms with Crippen LogP contribution in [-0.2, 0) is 23.8 Å². The quantitative estimate of drug-likeness (QED) is 0.253. The predicted molar refractivity (Wildman–Crippen MR) is 171 cm³/mol. The van der Waals surface area contributed by atoms with Crippen molar-refractivity contribution >= 4 is 17.8 Å². The van der Waals surface area contributed by atoms with E-state index in [1.807, 2.05) is 18.2 Å². The van der Waals surface area contributed by atoms with Crippen LogP contribution in [0.3, 0.4) is 0 Å². The predicted octanol–water partition coefficient (Wildman–Crippen LogP) is 5.55. The summed E-state index contributed by atoms with van der Waals surface area (Å²) in [7, 11) is 4.24. The molecule has 1 amide bonds. The Labute approximate surface area is 268 Å². The van der Waals surface area contributed by atoms with Crippen molar-refractivity contribution in [3.05, 3.63) is 47.5 Å². The molecule has 45 heavy (non-hydrogen) atoms. The maximum absolute atomic E-state index is 13.4. The molecule has 1 spiro atoms. The lowest BCUT2D eigenvalue weighted by molar-refractivity contribution is -0.150. The molecule has 1 aliphatic heterocycles. The van der Waals surface area contributed by atoms with Gasteiger partial charge in [0.25, 0.3) is 5.91 Å². The van der Waals surface area contributed by atoms with Crippen molar-refractivity contribution in [1.29, 1.82) is 0 Å². The number of fused-ring (bicyclic) bond motifs is 3. The van der Waals surface area contributed by atoms with Crippen molar-refractivity contribution in [1.82, 2.24) is 10.2 Å². The molecule has 0 radical (unpaired) electrons. The Kier molecular flexibility index (Phi) is 7.83. The van der Waals surface area contributed by atoms with Gasteiger partial charge in [-0.05, 0) is 93.0 Å². The maximum atomic E-state index is 13.4. The van der Waals surface area contributed by atoms with E-state index in [0.717, 1.165) is 32.1 Å². The van der Waals surface area contributed by atoms with Crippen molar-refractivity contribution in [3.8, 4) is 0 Å². The summed E-state index contributed by atoms with van der Waals surface area (Å²) >= 11 is 0. The molecule has 11 unspecified atom stereocenters. The molecule has 1 aromatic carbocycles. The Hall–Kier alpha value is -2.71. The van der Waals surface area contributed by atoms with E-state index < -0.39 is 6.10 Å². The zero-order valence-corrected chi connectivity index (χ0v) is 28.5. The topological polar surface area (TPSA) is 97.5 Å². The van der Waals surface area contributed by atoms with Gasteiger partial charge in [-0.3, -0.25) is 14.4 Å². The number of carbonyl (C=O) groups excluding carboxylic acids is 3. The first-order chi connectivity index (χ1) is 21.0. The highest BCUT2D eigenvalue weighted by Crippen LogP contribution is 2.76. The third-order valence-corrected chi connectivity index (χ3v) is 13.2. The number of rotatable bonds is 6. The van der Waals surface area contributed by atoms with Gasteiger partial charge in [-0.15, -0.1) is 0 Å². The average molecular weight is 621 g/mol. The van der Waals surface area contributed by atoms with E-state index in [0.29, 0.717) is 5.56 Å². The fourth-order valence-corrected chi connectivity index (χ4v) is 10.8. The molecule has 0 aromatic heterocycles. The number of esters is 2. The summed E-state index contributed by atoms with van der Waals surface area (Å²) in [6.45, 7) is 14.5. The molecule has 6 rings (SSSR count). The third-order valence-electron chi connectivity index (χ3n) is 13.2. The van der Waals surface area contributed by atoms with Crippen molar-refractivity contribution in [3.63, 3.8) is 0 Å². The summed E-state index contributed by atoms with van der Waals surface area (Å²) < 4.78 is 18.9. The number of ether oxygens (including phenoxy) is 3. The van der Waals surface area contributed by atoms with Crippen LogP contribution in [0.15, 0.2) is 42.0 Å². The normalized spacial score (nSPS) is 41.6. The molecule has 8 nitrogen and oxygen atoms in total. The number of nitrogens with zero attached hydrogens (tertiary/aromatic N) is 1. The van der Waals surface area contributed by atoms with Gasteiger partial charge in [0.15, 0.2) is 0 Å². The number of hydrogen-bond acceptors (Lipinski definition) is 7. The number of epoxide rings is 1. The van der Waals surface area contributed by atoms with E-state index in [9.17, 15) is 14.4 Å². The number of amides is 1. The minimum Gasteiger partial charge on any atom is -0.462 e. The molecular weight excluding hydrogens is 568 g/mol. The second-order valence-corrected chi connectivity index (χ2v) is 16.0. The molecule has 8 heteroatoms. The van der Waals surface area contributed by atoms with Gasteiger partial charge in [0.1, 0.15) is 17.8 Å². The maximum Gasteiger partial charge on any atom is 0.303 e. The van der Waals surface area contributed by atoms with Gasteiger partial charge < -0.3 is 24.4 Å². The lowest BCUT2D eigenvalue weighted by Gasteiger charge is -2.54. The molecular formula is C37H52N2O6.